The summed E-state index contributed by atoms with van der Waals surface area (Å²) in [6.45, 7) is 6.81. The zero-order chi connectivity index (χ0) is 19.7. The van der Waals surface area contributed by atoms with Crippen molar-refractivity contribution in [1.29, 1.82) is 0 Å². The second-order valence-corrected chi connectivity index (χ2v) is 8.29. The third-order valence-electron chi connectivity index (χ3n) is 5.44. The van der Waals surface area contributed by atoms with Crippen LogP contribution in [0, 0.1) is 0 Å². The van der Waals surface area contributed by atoms with E-state index < -0.39 is 5.60 Å². The molecule has 2 heterocycles. The molecule has 1 saturated carbocycles. The Bertz CT molecular complexity index is 576. The van der Waals surface area contributed by atoms with Crippen LogP contribution in [-0.2, 0) is 11.2 Å². The van der Waals surface area contributed by atoms with Crippen molar-refractivity contribution in [2.24, 2.45) is 4.99 Å². The van der Waals surface area contributed by atoms with Crippen molar-refractivity contribution >= 4 is 5.96 Å². The van der Waals surface area contributed by atoms with E-state index in [9.17, 15) is 5.11 Å². The van der Waals surface area contributed by atoms with Gasteiger partial charge in [0.1, 0.15) is 5.76 Å². The minimum Gasteiger partial charge on any atom is -0.469 e. The van der Waals surface area contributed by atoms with Crippen LogP contribution in [-0.4, -0.2) is 73.5 Å². The highest BCUT2D eigenvalue weighted by atomic mass is 16.5. The molecular weight excluding hydrogens is 356 g/mol. The number of hydrogen-bond acceptors (Lipinski definition) is 5. The van der Waals surface area contributed by atoms with Crippen molar-refractivity contribution in [1.82, 2.24) is 15.5 Å². The zero-order valence-electron chi connectivity index (χ0n) is 17.2. The van der Waals surface area contributed by atoms with Crippen LogP contribution < -0.4 is 10.6 Å². The predicted molar refractivity (Wildman–Crippen MR) is 111 cm³/mol. The normalized spacial score (nSPS) is 22.0. The van der Waals surface area contributed by atoms with Crippen molar-refractivity contribution in [2.45, 2.75) is 57.1 Å². The fourth-order valence-corrected chi connectivity index (χ4v) is 3.89. The first kappa shape index (κ1) is 21.1. The van der Waals surface area contributed by atoms with Crippen molar-refractivity contribution < 1.29 is 14.3 Å². The van der Waals surface area contributed by atoms with Gasteiger partial charge in [-0.05, 0) is 31.9 Å². The van der Waals surface area contributed by atoms with Crippen LogP contribution in [0.5, 0.6) is 0 Å². The lowest BCUT2D eigenvalue weighted by Gasteiger charge is -2.33. The average Bonchev–Trinajstić information content (AvgIpc) is 3.21. The van der Waals surface area contributed by atoms with Gasteiger partial charge in [-0.25, -0.2) is 0 Å². The molecule has 0 amide bonds. The Morgan fingerprint density at radius 3 is 2.79 bits per heavy atom. The number of nitrogens with zero attached hydrogens (tertiary/aromatic N) is 2. The number of aliphatic imine (C=N–C) groups is 1. The fraction of sp³-hybridized carbons (Fsp3) is 0.762. The minimum atomic E-state index is -0.862. The first-order valence-electron chi connectivity index (χ1n) is 10.7. The molecule has 158 valence electrons. The number of rotatable bonds is 8. The van der Waals surface area contributed by atoms with E-state index in [1.165, 1.54) is 32.1 Å². The molecule has 1 aromatic heterocycles. The summed E-state index contributed by atoms with van der Waals surface area (Å²) in [6.07, 6.45) is 8.74. The largest absolute Gasteiger partial charge is 0.469 e. The van der Waals surface area contributed by atoms with Crippen molar-refractivity contribution in [2.75, 3.05) is 45.9 Å². The van der Waals surface area contributed by atoms with E-state index >= 15 is 0 Å². The van der Waals surface area contributed by atoms with E-state index in [4.69, 9.17) is 14.1 Å². The lowest BCUT2D eigenvalue weighted by atomic mass is 9.96. The molecule has 7 heteroatoms. The van der Waals surface area contributed by atoms with E-state index in [1.54, 1.807) is 6.26 Å². The number of aliphatic hydroxyl groups is 1. The van der Waals surface area contributed by atoms with E-state index in [2.05, 4.69) is 15.5 Å². The highest BCUT2D eigenvalue weighted by molar-refractivity contribution is 5.80. The Morgan fingerprint density at radius 2 is 2.07 bits per heavy atom. The molecule has 3 N–H and O–H groups in total. The van der Waals surface area contributed by atoms with E-state index in [-0.39, 0.29) is 0 Å². The Balaban J connectivity index is 1.53. The van der Waals surface area contributed by atoms with Gasteiger partial charge in [0.05, 0.1) is 31.6 Å². The summed E-state index contributed by atoms with van der Waals surface area (Å²) < 4.78 is 10.8. The number of morpholine rings is 1. The van der Waals surface area contributed by atoms with Gasteiger partial charge in [-0.15, -0.1) is 0 Å². The third kappa shape index (κ3) is 7.45. The van der Waals surface area contributed by atoms with E-state index in [0.29, 0.717) is 19.1 Å². The number of β-amino-alcohol motifs (C(OH)–C–C–N with tert-alkyl or cyclic N) is 1. The van der Waals surface area contributed by atoms with Crippen LogP contribution in [0.3, 0.4) is 0 Å². The maximum Gasteiger partial charge on any atom is 0.191 e. The number of nitrogens with one attached hydrogen (secondary N) is 2. The van der Waals surface area contributed by atoms with Gasteiger partial charge < -0.3 is 24.9 Å². The molecule has 1 saturated heterocycles. The van der Waals surface area contributed by atoms with Gasteiger partial charge in [-0.3, -0.25) is 9.89 Å². The molecule has 1 unspecified atom stereocenters. The summed E-state index contributed by atoms with van der Waals surface area (Å²) in [6, 6.07) is 4.36. The summed E-state index contributed by atoms with van der Waals surface area (Å²) in [5.74, 6) is 1.75. The van der Waals surface area contributed by atoms with Gasteiger partial charge in [0, 0.05) is 38.6 Å². The van der Waals surface area contributed by atoms with Crippen molar-refractivity contribution in [3.05, 3.63) is 24.2 Å². The zero-order valence-corrected chi connectivity index (χ0v) is 17.2. The first-order chi connectivity index (χ1) is 13.6. The standard InChI is InChI=1S/C21H36N4O3/c1-21(26,17-25-11-14-27-15-12-25)16-23-20(24-18-6-3-2-4-7-18)22-10-9-19-8-5-13-28-19/h5,8,13,18,26H,2-4,6-7,9-12,14-17H2,1H3,(H2,22,23,24). The second kappa shape index (κ2) is 10.8. The van der Waals surface area contributed by atoms with Crippen LogP contribution in [0.15, 0.2) is 27.8 Å². The van der Waals surface area contributed by atoms with Crippen LogP contribution in [0.25, 0.3) is 0 Å². The molecule has 0 aromatic carbocycles. The van der Waals surface area contributed by atoms with E-state index in [0.717, 1.165) is 51.0 Å². The molecule has 3 rings (SSSR count). The Labute approximate surface area is 168 Å². The molecule has 2 fully saturated rings. The summed E-state index contributed by atoms with van der Waals surface area (Å²) in [5.41, 5.74) is -0.862. The van der Waals surface area contributed by atoms with E-state index in [1.807, 2.05) is 19.1 Å². The Morgan fingerprint density at radius 1 is 1.29 bits per heavy atom. The van der Waals surface area contributed by atoms with Crippen LogP contribution >= 0.6 is 0 Å². The topological polar surface area (TPSA) is 82.3 Å². The Hall–Kier alpha value is -1.57. The van der Waals surface area contributed by atoms with Crippen LogP contribution in [0.1, 0.15) is 44.8 Å². The highest BCUT2D eigenvalue weighted by Crippen LogP contribution is 2.17. The van der Waals surface area contributed by atoms with Gasteiger partial charge in [0.15, 0.2) is 5.96 Å². The monoisotopic (exact) mass is 392 g/mol. The Kier molecular flexibility index (Phi) is 8.18. The summed E-state index contributed by atoms with van der Waals surface area (Å²) in [7, 11) is 0. The van der Waals surface area contributed by atoms with Crippen molar-refractivity contribution in [3.63, 3.8) is 0 Å². The average molecular weight is 393 g/mol. The van der Waals surface area contributed by atoms with Gasteiger partial charge in [0.2, 0.25) is 0 Å². The lowest BCUT2D eigenvalue weighted by Crippen LogP contribution is -2.49. The molecule has 0 radical (unpaired) electrons. The number of furan rings is 1. The summed E-state index contributed by atoms with van der Waals surface area (Å²) in [4.78, 5) is 6.98. The molecule has 0 spiro atoms. The predicted octanol–water partition coefficient (Wildman–Crippen LogP) is 1.77. The van der Waals surface area contributed by atoms with Gasteiger partial charge in [-0.1, -0.05) is 19.3 Å². The summed E-state index contributed by atoms with van der Waals surface area (Å²) >= 11 is 0. The maximum atomic E-state index is 10.8. The molecule has 0 bridgehead atoms. The molecule has 7 nitrogen and oxygen atoms in total. The van der Waals surface area contributed by atoms with Crippen molar-refractivity contribution in [3.8, 4) is 0 Å². The molecule has 28 heavy (non-hydrogen) atoms. The first-order valence-corrected chi connectivity index (χ1v) is 10.7. The SMILES string of the molecule is CC(O)(CN=C(NCCc1ccco1)NC1CCCCC1)CN1CCOCC1. The van der Waals surface area contributed by atoms with Crippen LogP contribution in [0.4, 0.5) is 0 Å². The molecule has 2 aliphatic rings. The molecule has 1 aliphatic carbocycles. The number of ether oxygens (including phenoxy) is 1. The number of guanidine groups is 1. The second-order valence-electron chi connectivity index (χ2n) is 8.29. The third-order valence-corrected chi connectivity index (χ3v) is 5.44. The lowest BCUT2D eigenvalue weighted by molar-refractivity contribution is -0.0180. The van der Waals surface area contributed by atoms with Gasteiger partial charge >= 0.3 is 0 Å². The fourth-order valence-electron chi connectivity index (χ4n) is 3.89. The summed E-state index contributed by atoms with van der Waals surface area (Å²) in [5, 5.41) is 17.8. The molecule has 1 aromatic rings. The van der Waals surface area contributed by atoms with Gasteiger partial charge in [-0.2, -0.15) is 0 Å². The molecule has 1 atom stereocenters. The quantitative estimate of drug-likeness (QED) is 0.462. The van der Waals surface area contributed by atoms with Crippen LogP contribution in [0.2, 0.25) is 0 Å². The molecular formula is C21H36N4O3. The maximum absolute atomic E-state index is 10.8. The minimum absolute atomic E-state index is 0.368. The molecule has 1 aliphatic heterocycles. The van der Waals surface area contributed by atoms with Gasteiger partial charge in [0.25, 0.3) is 0 Å². The highest BCUT2D eigenvalue weighted by Gasteiger charge is 2.25. The number of hydrogen-bond donors (Lipinski definition) is 3. The smallest absolute Gasteiger partial charge is 0.191 e.